The number of benzene rings is 3. The Morgan fingerprint density at radius 1 is 0.952 bits per heavy atom. The first-order valence-corrected chi connectivity index (χ1v) is 7.61. The first-order valence-electron chi connectivity index (χ1n) is 6.82. The maximum absolute atomic E-state index is 13.3. The van der Waals surface area contributed by atoms with Crippen molar-refractivity contribution in [3.8, 4) is 0 Å². The van der Waals surface area contributed by atoms with Gasteiger partial charge in [-0.15, -0.1) is 0 Å². The van der Waals surface area contributed by atoms with Crippen molar-refractivity contribution in [1.82, 2.24) is 0 Å². The fourth-order valence-corrected chi connectivity index (χ4v) is 2.88. The summed E-state index contributed by atoms with van der Waals surface area (Å²) in [5.74, 6) is -0.267. The smallest absolute Gasteiger partial charge is 0.137 e. The van der Waals surface area contributed by atoms with E-state index in [2.05, 4.69) is 46.3 Å². The molecule has 1 unspecified atom stereocenters. The van der Waals surface area contributed by atoms with Gasteiger partial charge in [-0.05, 0) is 56.4 Å². The fourth-order valence-electron chi connectivity index (χ4n) is 2.48. The van der Waals surface area contributed by atoms with Crippen LogP contribution in [0.1, 0.15) is 17.2 Å². The second kappa shape index (κ2) is 5.96. The van der Waals surface area contributed by atoms with Crippen LogP contribution in [0.5, 0.6) is 0 Å². The minimum Gasteiger partial charge on any atom is -0.324 e. The number of rotatable bonds is 3. The van der Waals surface area contributed by atoms with E-state index in [1.54, 1.807) is 12.1 Å². The minimum absolute atomic E-state index is 0.150. The van der Waals surface area contributed by atoms with Crippen LogP contribution < -0.4 is 5.73 Å². The molecule has 0 radical (unpaired) electrons. The van der Waals surface area contributed by atoms with E-state index in [9.17, 15) is 4.39 Å². The number of hydrogen-bond donors (Lipinski definition) is 1. The standard InChI is InChI=1S/C18H15BrFN/c19-16-11-15(7-8-17(16)20)18(21)10-12-5-6-13-3-1-2-4-14(13)9-12/h1-9,11,18H,10,21H2. The van der Waals surface area contributed by atoms with Gasteiger partial charge in [-0.1, -0.05) is 48.5 Å². The van der Waals surface area contributed by atoms with Crippen LogP contribution >= 0.6 is 15.9 Å². The molecule has 0 bridgehead atoms. The highest BCUT2D eigenvalue weighted by molar-refractivity contribution is 9.10. The van der Waals surface area contributed by atoms with E-state index in [1.165, 1.54) is 22.4 Å². The van der Waals surface area contributed by atoms with Crippen molar-refractivity contribution in [2.24, 2.45) is 5.73 Å². The van der Waals surface area contributed by atoms with Crippen molar-refractivity contribution in [2.75, 3.05) is 0 Å². The zero-order valence-electron chi connectivity index (χ0n) is 11.4. The van der Waals surface area contributed by atoms with Crippen LogP contribution in [0.4, 0.5) is 4.39 Å². The second-order valence-electron chi connectivity index (χ2n) is 5.17. The van der Waals surface area contributed by atoms with E-state index in [-0.39, 0.29) is 11.9 Å². The van der Waals surface area contributed by atoms with Gasteiger partial charge in [0.05, 0.1) is 4.47 Å². The normalized spacial score (nSPS) is 12.5. The lowest BCUT2D eigenvalue weighted by Crippen LogP contribution is -2.13. The zero-order chi connectivity index (χ0) is 14.8. The molecule has 106 valence electrons. The quantitative estimate of drug-likeness (QED) is 0.712. The van der Waals surface area contributed by atoms with E-state index in [1.807, 2.05) is 12.1 Å². The van der Waals surface area contributed by atoms with Gasteiger partial charge in [0.2, 0.25) is 0 Å². The van der Waals surface area contributed by atoms with Crippen molar-refractivity contribution in [2.45, 2.75) is 12.5 Å². The van der Waals surface area contributed by atoms with Gasteiger partial charge >= 0.3 is 0 Å². The van der Waals surface area contributed by atoms with Gasteiger partial charge in [0, 0.05) is 6.04 Å². The van der Waals surface area contributed by atoms with Gasteiger partial charge < -0.3 is 5.73 Å². The van der Waals surface area contributed by atoms with Crippen molar-refractivity contribution in [1.29, 1.82) is 0 Å². The fraction of sp³-hybridized carbons (Fsp3) is 0.111. The predicted molar refractivity (Wildman–Crippen MR) is 88.7 cm³/mol. The van der Waals surface area contributed by atoms with Crippen molar-refractivity contribution >= 4 is 26.7 Å². The average molecular weight is 344 g/mol. The number of halogens is 2. The molecule has 21 heavy (non-hydrogen) atoms. The Morgan fingerprint density at radius 2 is 1.71 bits per heavy atom. The number of nitrogens with two attached hydrogens (primary N) is 1. The average Bonchev–Trinajstić information content (AvgIpc) is 2.50. The Hall–Kier alpha value is -1.71. The summed E-state index contributed by atoms with van der Waals surface area (Å²) < 4.78 is 13.7. The molecule has 0 aliphatic carbocycles. The van der Waals surface area contributed by atoms with E-state index in [0.717, 1.165) is 12.0 Å². The highest BCUT2D eigenvalue weighted by atomic mass is 79.9. The first kappa shape index (κ1) is 14.2. The molecule has 0 aliphatic rings. The van der Waals surface area contributed by atoms with Gasteiger partial charge in [-0.2, -0.15) is 0 Å². The summed E-state index contributed by atoms with van der Waals surface area (Å²) in [6, 6.07) is 19.4. The van der Waals surface area contributed by atoms with Crippen LogP contribution in [-0.4, -0.2) is 0 Å². The van der Waals surface area contributed by atoms with E-state index >= 15 is 0 Å². The van der Waals surface area contributed by atoms with Gasteiger partial charge in [0.15, 0.2) is 0 Å². The molecule has 1 nitrogen and oxygen atoms in total. The number of fused-ring (bicyclic) bond motifs is 1. The lowest BCUT2D eigenvalue weighted by molar-refractivity contribution is 0.617. The molecule has 3 heteroatoms. The third kappa shape index (κ3) is 3.14. The Labute approximate surface area is 131 Å². The summed E-state index contributed by atoms with van der Waals surface area (Å²) in [6.07, 6.45) is 0.725. The molecule has 2 N–H and O–H groups in total. The summed E-state index contributed by atoms with van der Waals surface area (Å²) in [6.45, 7) is 0. The minimum atomic E-state index is -0.267. The first-order chi connectivity index (χ1) is 10.1. The van der Waals surface area contributed by atoms with Crippen LogP contribution in [0, 0.1) is 5.82 Å². The Bertz CT molecular complexity index is 785. The molecule has 3 rings (SSSR count). The molecule has 0 aromatic heterocycles. The Balaban J connectivity index is 1.85. The van der Waals surface area contributed by atoms with Crippen molar-refractivity contribution < 1.29 is 4.39 Å². The summed E-state index contributed by atoms with van der Waals surface area (Å²) in [5, 5.41) is 2.43. The molecule has 3 aromatic rings. The molecule has 0 fully saturated rings. The van der Waals surface area contributed by atoms with E-state index in [0.29, 0.717) is 4.47 Å². The highest BCUT2D eigenvalue weighted by Gasteiger charge is 2.10. The maximum Gasteiger partial charge on any atom is 0.137 e. The summed E-state index contributed by atoms with van der Waals surface area (Å²) >= 11 is 3.20. The third-order valence-corrected chi connectivity index (χ3v) is 4.25. The van der Waals surface area contributed by atoms with Crippen LogP contribution in [0.25, 0.3) is 10.8 Å². The lowest BCUT2D eigenvalue weighted by Gasteiger charge is -2.13. The second-order valence-corrected chi connectivity index (χ2v) is 6.02. The molecule has 0 spiro atoms. The van der Waals surface area contributed by atoms with Gasteiger partial charge in [-0.3, -0.25) is 0 Å². The van der Waals surface area contributed by atoms with Crippen LogP contribution in [0.2, 0.25) is 0 Å². The van der Waals surface area contributed by atoms with E-state index < -0.39 is 0 Å². The molecule has 0 aliphatic heterocycles. The van der Waals surface area contributed by atoms with Crippen LogP contribution in [0.15, 0.2) is 65.1 Å². The number of hydrogen-bond acceptors (Lipinski definition) is 1. The van der Waals surface area contributed by atoms with Crippen molar-refractivity contribution in [3.63, 3.8) is 0 Å². The SMILES string of the molecule is NC(Cc1ccc2ccccc2c1)c1ccc(F)c(Br)c1. The van der Waals surface area contributed by atoms with E-state index in [4.69, 9.17) is 5.73 Å². The van der Waals surface area contributed by atoms with Gasteiger partial charge in [0.25, 0.3) is 0 Å². The Kier molecular flexibility index (Phi) is 4.04. The topological polar surface area (TPSA) is 26.0 Å². The summed E-state index contributed by atoms with van der Waals surface area (Å²) in [5.41, 5.74) is 8.36. The summed E-state index contributed by atoms with van der Waals surface area (Å²) in [4.78, 5) is 0. The van der Waals surface area contributed by atoms with Crippen LogP contribution in [0.3, 0.4) is 0 Å². The molecule has 0 saturated carbocycles. The third-order valence-electron chi connectivity index (χ3n) is 3.64. The molecule has 1 atom stereocenters. The molecule has 3 aromatic carbocycles. The molecular weight excluding hydrogens is 329 g/mol. The van der Waals surface area contributed by atoms with Gasteiger partial charge in [-0.25, -0.2) is 4.39 Å². The largest absolute Gasteiger partial charge is 0.324 e. The molecule has 0 saturated heterocycles. The summed E-state index contributed by atoms with van der Waals surface area (Å²) in [7, 11) is 0. The van der Waals surface area contributed by atoms with Gasteiger partial charge in [0.1, 0.15) is 5.82 Å². The monoisotopic (exact) mass is 343 g/mol. The Morgan fingerprint density at radius 3 is 2.48 bits per heavy atom. The lowest BCUT2D eigenvalue weighted by atomic mass is 9.98. The highest BCUT2D eigenvalue weighted by Crippen LogP contribution is 2.24. The maximum atomic E-state index is 13.3. The van der Waals surface area contributed by atoms with Crippen molar-refractivity contribution in [3.05, 3.63) is 82.1 Å². The predicted octanol–water partition coefficient (Wildman–Crippen LogP) is 4.98. The molecule has 0 amide bonds. The molecule has 0 heterocycles. The zero-order valence-corrected chi connectivity index (χ0v) is 13.0. The van der Waals surface area contributed by atoms with Crippen LogP contribution in [-0.2, 0) is 6.42 Å². The molecular formula is C18H15BrFN.